The number of benzene rings is 1. The summed E-state index contributed by atoms with van der Waals surface area (Å²) in [6, 6.07) is 9.51. The van der Waals surface area contributed by atoms with Crippen LogP contribution in [0.4, 0.5) is 0 Å². The van der Waals surface area contributed by atoms with Crippen molar-refractivity contribution in [1.29, 1.82) is 0 Å². The van der Waals surface area contributed by atoms with Crippen molar-refractivity contribution in [3.05, 3.63) is 41.7 Å². The molecule has 0 radical (unpaired) electrons. The van der Waals surface area contributed by atoms with E-state index in [9.17, 15) is 8.42 Å². The van der Waals surface area contributed by atoms with Crippen LogP contribution in [0, 0.1) is 13.8 Å². The highest BCUT2D eigenvalue weighted by atomic mass is 32.2. The molecule has 1 unspecified atom stereocenters. The standard InChI is InChI=1S/C16H21N3O3S/c1-12-16(23(20,21)17-11-15-9-6-10-22-15)13(2)19(18-12)14-7-4-3-5-8-14/h3-5,7-8,15,17H,6,9-11H2,1-2H3. The summed E-state index contributed by atoms with van der Waals surface area (Å²) >= 11 is 0. The molecule has 0 aliphatic carbocycles. The van der Waals surface area contributed by atoms with E-state index in [1.165, 1.54) is 0 Å². The second-order valence-electron chi connectivity index (χ2n) is 5.73. The topological polar surface area (TPSA) is 73.2 Å². The first-order valence-corrected chi connectivity index (χ1v) is 9.20. The summed E-state index contributed by atoms with van der Waals surface area (Å²) in [4.78, 5) is 0.249. The number of para-hydroxylation sites is 1. The second kappa shape index (κ2) is 6.43. The first kappa shape index (κ1) is 16.2. The molecule has 3 rings (SSSR count). The Hall–Kier alpha value is -1.70. The number of ether oxygens (including phenoxy) is 1. The fraction of sp³-hybridized carbons (Fsp3) is 0.438. The molecule has 0 amide bonds. The molecule has 0 bridgehead atoms. The van der Waals surface area contributed by atoms with Gasteiger partial charge in [-0.05, 0) is 38.8 Å². The highest BCUT2D eigenvalue weighted by Crippen LogP contribution is 2.22. The molecule has 1 atom stereocenters. The molecule has 6 nitrogen and oxygen atoms in total. The first-order chi connectivity index (χ1) is 11.0. The number of nitrogens with one attached hydrogen (secondary N) is 1. The van der Waals surface area contributed by atoms with E-state index in [2.05, 4.69) is 9.82 Å². The van der Waals surface area contributed by atoms with Crippen molar-refractivity contribution in [2.45, 2.75) is 37.7 Å². The highest BCUT2D eigenvalue weighted by molar-refractivity contribution is 7.89. The summed E-state index contributed by atoms with van der Waals surface area (Å²) in [5, 5.41) is 4.39. The first-order valence-electron chi connectivity index (χ1n) is 7.72. The average Bonchev–Trinajstić information content (AvgIpc) is 3.14. The van der Waals surface area contributed by atoms with Crippen LogP contribution in [0.25, 0.3) is 5.69 Å². The molecule has 1 fully saturated rings. The SMILES string of the molecule is Cc1nn(-c2ccccc2)c(C)c1S(=O)(=O)NCC1CCCO1. The van der Waals surface area contributed by atoms with E-state index in [4.69, 9.17) is 4.74 Å². The van der Waals surface area contributed by atoms with E-state index >= 15 is 0 Å². The monoisotopic (exact) mass is 335 g/mol. The molecule has 7 heteroatoms. The number of nitrogens with zero attached hydrogens (tertiary/aromatic N) is 2. The van der Waals surface area contributed by atoms with Crippen LogP contribution in [0.5, 0.6) is 0 Å². The number of sulfonamides is 1. The summed E-state index contributed by atoms with van der Waals surface area (Å²) in [7, 11) is -3.61. The molecular formula is C16H21N3O3S. The largest absolute Gasteiger partial charge is 0.377 e. The van der Waals surface area contributed by atoms with Crippen LogP contribution in [0.3, 0.4) is 0 Å². The van der Waals surface area contributed by atoms with Crippen LogP contribution in [-0.2, 0) is 14.8 Å². The van der Waals surface area contributed by atoms with Crippen LogP contribution in [0.2, 0.25) is 0 Å². The lowest BCUT2D eigenvalue weighted by molar-refractivity contribution is 0.114. The molecule has 2 aromatic rings. The van der Waals surface area contributed by atoms with Gasteiger partial charge >= 0.3 is 0 Å². The van der Waals surface area contributed by atoms with E-state index in [-0.39, 0.29) is 11.0 Å². The van der Waals surface area contributed by atoms with Gasteiger partial charge in [0, 0.05) is 13.2 Å². The Bertz CT molecular complexity index is 778. The molecule has 1 aromatic heterocycles. The average molecular weight is 335 g/mol. The van der Waals surface area contributed by atoms with Crippen molar-refractivity contribution in [1.82, 2.24) is 14.5 Å². The maximum absolute atomic E-state index is 12.7. The van der Waals surface area contributed by atoms with Crippen molar-refractivity contribution >= 4 is 10.0 Å². The summed E-state index contributed by atoms with van der Waals surface area (Å²) in [5.41, 5.74) is 1.94. The smallest absolute Gasteiger partial charge is 0.244 e. The third-order valence-corrected chi connectivity index (χ3v) is 5.69. The van der Waals surface area contributed by atoms with Gasteiger partial charge in [0.1, 0.15) is 4.90 Å². The molecule has 1 aliphatic heterocycles. The van der Waals surface area contributed by atoms with Crippen molar-refractivity contribution in [2.24, 2.45) is 0 Å². The molecule has 0 spiro atoms. The lowest BCUT2D eigenvalue weighted by Crippen LogP contribution is -2.32. The summed E-state index contributed by atoms with van der Waals surface area (Å²) in [6.07, 6.45) is 1.84. The highest BCUT2D eigenvalue weighted by Gasteiger charge is 2.26. The molecular weight excluding hydrogens is 314 g/mol. The van der Waals surface area contributed by atoms with E-state index in [1.807, 2.05) is 30.3 Å². The summed E-state index contributed by atoms with van der Waals surface area (Å²) < 4.78 is 35.1. The molecule has 2 heterocycles. The maximum Gasteiger partial charge on any atom is 0.244 e. The van der Waals surface area contributed by atoms with E-state index in [1.54, 1.807) is 18.5 Å². The van der Waals surface area contributed by atoms with Gasteiger partial charge in [-0.15, -0.1) is 0 Å². The van der Waals surface area contributed by atoms with Gasteiger partial charge in [0.15, 0.2) is 0 Å². The van der Waals surface area contributed by atoms with Crippen molar-refractivity contribution in [2.75, 3.05) is 13.2 Å². The van der Waals surface area contributed by atoms with Gasteiger partial charge in [0.2, 0.25) is 10.0 Å². The Kier molecular flexibility index (Phi) is 4.52. The lowest BCUT2D eigenvalue weighted by Gasteiger charge is -2.11. The molecule has 124 valence electrons. The van der Waals surface area contributed by atoms with Gasteiger partial charge in [-0.25, -0.2) is 17.8 Å². The zero-order chi connectivity index (χ0) is 16.4. The molecule has 1 saturated heterocycles. The number of aromatic nitrogens is 2. The predicted octanol–water partition coefficient (Wildman–Crippen LogP) is 1.95. The molecule has 1 aromatic carbocycles. The van der Waals surface area contributed by atoms with Crippen LogP contribution >= 0.6 is 0 Å². The fourth-order valence-corrected chi connectivity index (χ4v) is 4.37. The van der Waals surface area contributed by atoms with Crippen LogP contribution in [0.1, 0.15) is 24.2 Å². The zero-order valence-corrected chi connectivity index (χ0v) is 14.1. The van der Waals surface area contributed by atoms with Gasteiger partial charge in [-0.1, -0.05) is 18.2 Å². The quantitative estimate of drug-likeness (QED) is 0.906. The fourth-order valence-electron chi connectivity index (χ4n) is 2.92. The van der Waals surface area contributed by atoms with E-state index < -0.39 is 10.0 Å². The Labute approximate surface area is 136 Å². The van der Waals surface area contributed by atoms with Gasteiger partial charge < -0.3 is 4.74 Å². The van der Waals surface area contributed by atoms with Crippen LogP contribution in [-0.4, -0.2) is 37.5 Å². The minimum atomic E-state index is -3.61. The Morgan fingerprint density at radius 1 is 1.30 bits per heavy atom. The van der Waals surface area contributed by atoms with Crippen LogP contribution < -0.4 is 4.72 Å². The van der Waals surface area contributed by atoms with Crippen molar-refractivity contribution in [3.63, 3.8) is 0 Å². The predicted molar refractivity (Wildman–Crippen MR) is 87.2 cm³/mol. The van der Waals surface area contributed by atoms with Crippen LogP contribution in [0.15, 0.2) is 35.2 Å². The minimum Gasteiger partial charge on any atom is -0.377 e. The zero-order valence-electron chi connectivity index (χ0n) is 13.3. The minimum absolute atomic E-state index is 0.0328. The molecule has 23 heavy (non-hydrogen) atoms. The number of rotatable bonds is 5. The molecule has 1 N–H and O–H groups in total. The third-order valence-electron chi connectivity index (χ3n) is 4.02. The van der Waals surface area contributed by atoms with Gasteiger partial charge in [0.25, 0.3) is 0 Å². The Morgan fingerprint density at radius 3 is 2.70 bits per heavy atom. The van der Waals surface area contributed by atoms with E-state index in [0.717, 1.165) is 18.5 Å². The molecule has 0 saturated carbocycles. The molecule has 1 aliphatic rings. The number of aryl methyl sites for hydroxylation is 1. The summed E-state index contributed by atoms with van der Waals surface area (Å²) in [5.74, 6) is 0. The van der Waals surface area contributed by atoms with E-state index in [0.29, 0.717) is 24.5 Å². The number of hydrogen-bond acceptors (Lipinski definition) is 4. The lowest BCUT2D eigenvalue weighted by atomic mass is 10.2. The summed E-state index contributed by atoms with van der Waals surface area (Å²) in [6.45, 7) is 4.49. The number of hydrogen-bond donors (Lipinski definition) is 1. The van der Waals surface area contributed by atoms with Gasteiger partial charge in [-0.3, -0.25) is 0 Å². The van der Waals surface area contributed by atoms with Gasteiger partial charge in [-0.2, -0.15) is 5.10 Å². The maximum atomic E-state index is 12.7. The Morgan fingerprint density at radius 2 is 2.04 bits per heavy atom. The van der Waals surface area contributed by atoms with Crippen molar-refractivity contribution < 1.29 is 13.2 Å². The third kappa shape index (κ3) is 3.31. The Balaban J connectivity index is 1.88. The normalized spacial score (nSPS) is 18.4. The van der Waals surface area contributed by atoms with Crippen molar-refractivity contribution in [3.8, 4) is 5.69 Å². The second-order valence-corrected chi connectivity index (χ2v) is 7.44. The van der Waals surface area contributed by atoms with Gasteiger partial charge in [0.05, 0.1) is 23.2 Å².